The summed E-state index contributed by atoms with van der Waals surface area (Å²) in [6, 6.07) is 5.94. The Morgan fingerprint density at radius 2 is 1.69 bits per heavy atom. The largest absolute Gasteiger partial charge is 0.444 e. The number of amides is 1. The Hall–Kier alpha value is -2.90. The van der Waals surface area contributed by atoms with Gasteiger partial charge in [-0.3, -0.25) is 5.32 Å². The van der Waals surface area contributed by atoms with Crippen molar-refractivity contribution in [3.8, 4) is 0 Å². The highest BCUT2D eigenvalue weighted by Crippen LogP contribution is 2.17. The van der Waals surface area contributed by atoms with E-state index in [1.807, 2.05) is 45.2 Å². The second-order valence-electron chi connectivity index (χ2n) is 7.05. The Kier molecular flexibility index (Phi) is 5.20. The number of nitrogens with zero attached hydrogens (tertiary/aromatic N) is 5. The minimum Gasteiger partial charge on any atom is -0.444 e. The minimum absolute atomic E-state index is 0.370. The predicted molar refractivity (Wildman–Crippen MR) is 101 cm³/mol. The molecular formula is C18H24N6O2. The fraction of sp³-hybridized carbons (Fsp3) is 0.444. The first-order valence-electron chi connectivity index (χ1n) is 8.64. The van der Waals surface area contributed by atoms with Gasteiger partial charge in [0.2, 0.25) is 0 Å². The SMILES string of the molecule is CC(C)(C)OC(=O)Nc1cnc(N2CCN(c3ccccn3)CC2)cn1. The quantitative estimate of drug-likeness (QED) is 0.905. The van der Waals surface area contributed by atoms with E-state index < -0.39 is 11.7 Å². The molecule has 1 fully saturated rings. The molecule has 3 rings (SSSR count). The van der Waals surface area contributed by atoms with E-state index in [1.165, 1.54) is 0 Å². The van der Waals surface area contributed by atoms with E-state index in [9.17, 15) is 4.79 Å². The van der Waals surface area contributed by atoms with E-state index in [0.717, 1.165) is 37.8 Å². The van der Waals surface area contributed by atoms with Crippen LogP contribution in [-0.4, -0.2) is 52.8 Å². The molecule has 3 heterocycles. The third-order valence-corrected chi connectivity index (χ3v) is 3.84. The van der Waals surface area contributed by atoms with Gasteiger partial charge in [-0.15, -0.1) is 0 Å². The van der Waals surface area contributed by atoms with Crippen molar-refractivity contribution in [1.82, 2.24) is 15.0 Å². The number of rotatable bonds is 3. The zero-order valence-electron chi connectivity index (χ0n) is 15.3. The smallest absolute Gasteiger partial charge is 0.413 e. The topological polar surface area (TPSA) is 83.5 Å². The summed E-state index contributed by atoms with van der Waals surface area (Å²) in [5.74, 6) is 2.16. The molecule has 1 amide bonds. The molecule has 1 aliphatic rings. The molecule has 0 bridgehead atoms. The molecule has 0 spiro atoms. The summed E-state index contributed by atoms with van der Waals surface area (Å²) in [4.78, 5) is 29.2. The maximum atomic E-state index is 11.8. The normalized spacial score (nSPS) is 14.9. The summed E-state index contributed by atoms with van der Waals surface area (Å²) in [6.07, 6.45) is 4.49. The van der Waals surface area contributed by atoms with Gasteiger partial charge in [-0.2, -0.15) is 0 Å². The Balaban J connectivity index is 1.54. The summed E-state index contributed by atoms with van der Waals surface area (Å²) in [5.41, 5.74) is -0.551. The maximum absolute atomic E-state index is 11.8. The van der Waals surface area contributed by atoms with Crippen molar-refractivity contribution in [1.29, 1.82) is 0 Å². The van der Waals surface area contributed by atoms with E-state index in [4.69, 9.17) is 4.74 Å². The lowest BCUT2D eigenvalue weighted by atomic mass is 10.2. The molecule has 1 N–H and O–H groups in total. The van der Waals surface area contributed by atoms with Crippen LogP contribution in [0.1, 0.15) is 20.8 Å². The van der Waals surface area contributed by atoms with Crippen molar-refractivity contribution in [3.63, 3.8) is 0 Å². The van der Waals surface area contributed by atoms with E-state index >= 15 is 0 Å². The van der Waals surface area contributed by atoms with Crippen molar-refractivity contribution in [2.45, 2.75) is 26.4 Å². The van der Waals surface area contributed by atoms with E-state index in [0.29, 0.717) is 5.82 Å². The van der Waals surface area contributed by atoms with Gasteiger partial charge < -0.3 is 14.5 Å². The zero-order valence-corrected chi connectivity index (χ0v) is 15.3. The summed E-state index contributed by atoms with van der Waals surface area (Å²) in [7, 11) is 0. The second-order valence-corrected chi connectivity index (χ2v) is 7.05. The van der Waals surface area contributed by atoms with E-state index in [-0.39, 0.29) is 0 Å². The summed E-state index contributed by atoms with van der Waals surface area (Å²) in [5, 5.41) is 2.59. The molecule has 0 atom stereocenters. The highest BCUT2D eigenvalue weighted by Gasteiger charge is 2.20. The molecule has 0 unspecified atom stereocenters. The average molecular weight is 356 g/mol. The Labute approximate surface area is 153 Å². The van der Waals surface area contributed by atoms with Crippen molar-refractivity contribution in [3.05, 3.63) is 36.8 Å². The van der Waals surface area contributed by atoms with Crippen molar-refractivity contribution in [2.24, 2.45) is 0 Å². The number of nitrogens with one attached hydrogen (secondary N) is 1. The van der Waals surface area contributed by atoms with Gasteiger partial charge in [0, 0.05) is 32.4 Å². The molecule has 0 saturated carbocycles. The molecule has 138 valence electrons. The first-order chi connectivity index (χ1) is 12.4. The molecule has 2 aromatic heterocycles. The van der Waals surface area contributed by atoms with Gasteiger partial charge >= 0.3 is 6.09 Å². The number of carbonyl (C=O) groups is 1. The van der Waals surface area contributed by atoms with Crippen LogP contribution in [0.4, 0.5) is 22.2 Å². The molecule has 2 aromatic rings. The standard InChI is InChI=1S/C18H24N6O2/c1-18(2,3)26-17(25)22-14-12-21-16(13-20-14)24-10-8-23(9-11-24)15-6-4-5-7-19-15/h4-7,12-13H,8-11H2,1-3H3,(H,20,22,25). The number of pyridine rings is 1. The summed E-state index contributed by atoms with van der Waals surface area (Å²) in [6.45, 7) is 8.85. The molecule has 1 aliphatic heterocycles. The lowest BCUT2D eigenvalue weighted by Crippen LogP contribution is -2.47. The number of hydrogen-bond acceptors (Lipinski definition) is 7. The molecule has 0 aromatic carbocycles. The van der Waals surface area contributed by atoms with Crippen molar-refractivity contribution in [2.75, 3.05) is 41.3 Å². The lowest BCUT2D eigenvalue weighted by Gasteiger charge is -2.35. The third-order valence-electron chi connectivity index (χ3n) is 3.84. The fourth-order valence-electron chi connectivity index (χ4n) is 2.66. The van der Waals surface area contributed by atoms with Gasteiger partial charge in [-0.05, 0) is 32.9 Å². The zero-order chi connectivity index (χ0) is 18.6. The molecule has 0 aliphatic carbocycles. The van der Waals surface area contributed by atoms with Crippen LogP contribution in [0.15, 0.2) is 36.8 Å². The van der Waals surface area contributed by atoms with Crippen molar-refractivity contribution < 1.29 is 9.53 Å². The third kappa shape index (κ3) is 4.81. The van der Waals surface area contributed by atoms with Gasteiger partial charge in [-0.25, -0.2) is 19.7 Å². The number of ether oxygens (including phenoxy) is 1. The molecule has 1 saturated heterocycles. The van der Waals surface area contributed by atoms with Crippen LogP contribution >= 0.6 is 0 Å². The van der Waals surface area contributed by atoms with Gasteiger partial charge in [0.15, 0.2) is 5.82 Å². The predicted octanol–water partition coefficient (Wildman–Crippen LogP) is 2.55. The Bertz CT molecular complexity index is 722. The van der Waals surface area contributed by atoms with E-state index in [1.54, 1.807) is 12.4 Å². The Morgan fingerprint density at radius 1 is 1.00 bits per heavy atom. The van der Waals surface area contributed by atoms with Gasteiger partial charge in [0.1, 0.15) is 17.2 Å². The summed E-state index contributed by atoms with van der Waals surface area (Å²) < 4.78 is 5.20. The van der Waals surface area contributed by atoms with Crippen LogP contribution in [0.5, 0.6) is 0 Å². The number of piperazine rings is 1. The number of hydrogen-bond donors (Lipinski definition) is 1. The van der Waals surface area contributed by atoms with Crippen LogP contribution in [-0.2, 0) is 4.74 Å². The van der Waals surface area contributed by atoms with Gasteiger partial charge in [0.25, 0.3) is 0 Å². The van der Waals surface area contributed by atoms with Gasteiger partial charge in [-0.1, -0.05) is 6.07 Å². The Morgan fingerprint density at radius 3 is 2.23 bits per heavy atom. The number of anilines is 3. The molecule has 0 radical (unpaired) electrons. The maximum Gasteiger partial charge on any atom is 0.413 e. The molecular weight excluding hydrogens is 332 g/mol. The van der Waals surface area contributed by atoms with Crippen LogP contribution in [0.3, 0.4) is 0 Å². The average Bonchev–Trinajstić information content (AvgIpc) is 2.62. The molecule has 8 heteroatoms. The van der Waals surface area contributed by atoms with Crippen LogP contribution in [0.25, 0.3) is 0 Å². The van der Waals surface area contributed by atoms with Crippen LogP contribution < -0.4 is 15.1 Å². The lowest BCUT2D eigenvalue weighted by molar-refractivity contribution is 0.0635. The monoisotopic (exact) mass is 356 g/mol. The van der Waals surface area contributed by atoms with Crippen LogP contribution in [0.2, 0.25) is 0 Å². The second kappa shape index (κ2) is 7.55. The number of carbonyl (C=O) groups excluding carboxylic acids is 1. The van der Waals surface area contributed by atoms with Gasteiger partial charge in [0.05, 0.1) is 12.4 Å². The van der Waals surface area contributed by atoms with E-state index in [2.05, 4.69) is 30.1 Å². The van der Waals surface area contributed by atoms with Crippen molar-refractivity contribution >= 4 is 23.5 Å². The number of aromatic nitrogens is 3. The molecule has 26 heavy (non-hydrogen) atoms. The summed E-state index contributed by atoms with van der Waals surface area (Å²) >= 11 is 0. The van der Waals surface area contributed by atoms with Crippen LogP contribution in [0, 0.1) is 0 Å². The first-order valence-corrected chi connectivity index (χ1v) is 8.64. The molecule has 8 nitrogen and oxygen atoms in total. The fourth-order valence-corrected chi connectivity index (χ4v) is 2.66. The minimum atomic E-state index is -0.551. The highest BCUT2D eigenvalue weighted by atomic mass is 16.6. The highest BCUT2D eigenvalue weighted by molar-refractivity contribution is 5.83. The first kappa shape index (κ1) is 17.9.